The Hall–Kier alpha value is -1.87. The second kappa shape index (κ2) is 9.95. The molecule has 180 valence electrons. The summed E-state index contributed by atoms with van der Waals surface area (Å²) in [6, 6.07) is 4.43. The molecule has 0 spiro atoms. The SMILES string of the molecule is COc1ccc(C(C)=O)c(OC2OC(COC3OCC(O)(CO)C3O)C(O)C(O)C2O)c1. The van der Waals surface area contributed by atoms with Crippen LogP contribution in [-0.2, 0) is 14.2 Å². The predicted octanol–water partition coefficient (Wildman–Crippen LogP) is -2.46. The van der Waals surface area contributed by atoms with Crippen molar-refractivity contribution in [2.75, 3.05) is 26.9 Å². The summed E-state index contributed by atoms with van der Waals surface area (Å²) in [7, 11) is 1.42. The van der Waals surface area contributed by atoms with Crippen LogP contribution in [0.15, 0.2) is 18.2 Å². The maximum atomic E-state index is 11.9. The highest BCUT2D eigenvalue weighted by atomic mass is 16.7. The fraction of sp³-hybridized carbons (Fsp3) is 0.650. The van der Waals surface area contributed by atoms with E-state index in [9.17, 15) is 35.4 Å². The van der Waals surface area contributed by atoms with Crippen LogP contribution in [0.4, 0.5) is 0 Å². The Labute approximate surface area is 183 Å². The van der Waals surface area contributed by atoms with Crippen LogP contribution >= 0.6 is 0 Å². The highest BCUT2D eigenvalue weighted by Gasteiger charge is 2.50. The molecule has 12 nitrogen and oxygen atoms in total. The Morgan fingerprint density at radius 3 is 2.47 bits per heavy atom. The smallest absolute Gasteiger partial charge is 0.229 e. The zero-order chi connectivity index (χ0) is 23.6. The summed E-state index contributed by atoms with van der Waals surface area (Å²) in [5, 5.41) is 60.1. The number of Topliss-reactive ketones (excluding diaryl/α,β-unsaturated/α-hetero) is 1. The van der Waals surface area contributed by atoms with Crippen molar-refractivity contribution in [2.24, 2.45) is 0 Å². The second-order valence-corrected chi connectivity index (χ2v) is 7.77. The lowest BCUT2D eigenvalue weighted by Gasteiger charge is -2.40. The molecule has 3 rings (SSSR count). The van der Waals surface area contributed by atoms with Crippen LogP contribution in [0.3, 0.4) is 0 Å². The fourth-order valence-electron chi connectivity index (χ4n) is 3.42. The summed E-state index contributed by atoms with van der Waals surface area (Å²) in [6.45, 7) is -0.231. The number of carbonyl (C=O) groups is 1. The van der Waals surface area contributed by atoms with Crippen LogP contribution in [0.5, 0.6) is 11.5 Å². The molecule has 6 N–H and O–H groups in total. The van der Waals surface area contributed by atoms with Crippen LogP contribution in [-0.4, -0.2) is 112 Å². The van der Waals surface area contributed by atoms with Gasteiger partial charge < -0.3 is 54.3 Å². The highest BCUT2D eigenvalue weighted by molar-refractivity contribution is 5.97. The largest absolute Gasteiger partial charge is 0.497 e. The Morgan fingerprint density at radius 1 is 1.16 bits per heavy atom. The highest BCUT2D eigenvalue weighted by Crippen LogP contribution is 2.31. The van der Waals surface area contributed by atoms with E-state index in [1.165, 1.54) is 26.2 Å². The normalized spacial score (nSPS) is 37.3. The van der Waals surface area contributed by atoms with Gasteiger partial charge in [0.05, 0.1) is 32.5 Å². The molecule has 1 aromatic carbocycles. The number of carbonyl (C=O) groups excluding carboxylic acids is 1. The van der Waals surface area contributed by atoms with Crippen molar-refractivity contribution < 1.29 is 59.1 Å². The maximum Gasteiger partial charge on any atom is 0.229 e. The molecule has 0 aliphatic carbocycles. The number of hydrogen-bond donors (Lipinski definition) is 6. The topological polar surface area (TPSA) is 185 Å². The molecule has 32 heavy (non-hydrogen) atoms. The molecule has 2 saturated heterocycles. The first-order valence-corrected chi connectivity index (χ1v) is 9.91. The number of aliphatic hydroxyl groups is 6. The number of aliphatic hydroxyl groups excluding tert-OH is 5. The van der Waals surface area contributed by atoms with Gasteiger partial charge in [-0.15, -0.1) is 0 Å². The molecule has 2 aliphatic heterocycles. The van der Waals surface area contributed by atoms with Gasteiger partial charge in [-0.2, -0.15) is 0 Å². The van der Waals surface area contributed by atoms with Gasteiger partial charge in [0.2, 0.25) is 6.29 Å². The van der Waals surface area contributed by atoms with Crippen LogP contribution in [0.2, 0.25) is 0 Å². The molecular weight excluding hydrogens is 432 g/mol. The molecule has 0 amide bonds. The number of ether oxygens (including phenoxy) is 5. The van der Waals surface area contributed by atoms with E-state index in [0.717, 1.165) is 0 Å². The first-order chi connectivity index (χ1) is 15.1. The van der Waals surface area contributed by atoms with Gasteiger partial charge in [0.25, 0.3) is 0 Å². The molecule has 12 heteroatoms. The molecule has 8 unspecified atom stereocenters. The van der Waals surface area contributed by atoms with E-state index in [1.807, 2.05) is 0 Å². The average Bonchev–Trinajstić information content (AvgIpc) is 3.07. The molecule has 8 atom stereocenters. The summed E-state index contributed by atoms with van der Waals surface area (Å²) in [5.41, 5.74) is -1.71. The van der Waals surface area contributed by atoms with E-state index in [0.29, 0.717) is 5.75 Å². The van der Waals surface area contributed by atoms with Crippen molar-refractivity contribution in [3.8, 4) is 11.5 Å². The number of benzene rings is 1. The third kappa shape index (κ3) is 4.88. The third-order valence-electron chi connectivity index (χ3n) is 5.48. The van der Waals surface area contributed by atoms with Gasteiger partial charge in [-0.05, 0) is 19.1 Å². The molecule has 0 bridgehead atoms. The number of hydrogen-bond acceptors (Lipinski definition) is 12. The zero-order valence-corrected chi connectivity index (χ0v) is 17.5. The van der Waals surface area contributed by atoms with Crippen LogP contribution < -0.4 is 9.47 Å². The minimum Gasteiger partial charge on any atom is -0.497 e. The van der Waals surface area contributed by atoms with Crippen molar-refractivity contribution in [1.82, 2.24) is 0 Å². The molecule has 2 heterocycles. The Bertz CT molecular complexity index is 803. The van der Waals surface area contributed by atoms with Crippen molar-refractivity contribution >= 4 is 5.78 Å². The average molecular weight is 460 g/mol. The van der Waals surface area contributed by atoms with Gasteiger partial charge >= 0.3 is 0 Å². The van der Waals surface area contributed by atoms with Crippen molar-refractivity contribution in [3.63, 3.8) is 0 Å². The van der Waals surface area contributed by atoms with Gasteiger partial charge in [0.15, 0.2) is 12.1 Å². The van der Waals surface area contributed by atoms with Crippen molar-refractivity contribution in [2.45, 2.75) is 55.6 Å². The Kier molecular flexibility index (Phi) is 7.70. The molecule has 0 radical (unpaired) electrons. The monoisotopic (exact) mass is 460 g/mol. The van der Waals surface area contributed by atoms with E-state index in [4.69, 9.17) is 23.7 Å². The standard InChI is InChI=1S/C20H28O12/c1-9(22)11-4-3-10(28-2)5-12(11)31-18-16(25)15(24)14(23)13(32-18)6-29-19-17(26)20(27,7-21)8-30-19/h3-5,13-19,21,23-27H,6-8H2,1-2H3. The molecule has 0 aromatic heterocycles. The summed E-state index contributed by atoms with van der Waals surface area (Å²) >= 11 is 0. The summed E-state index contributed by atoms with van der Waals surface area (Å²) in [5.74, 6) is 0.0865. The Balaban J connectivity index is 1.72. The summed E-state index contributed by atoms with van der Waals surface area (Å²) < 4.78 is 26.8. The minimum atomic E-state index is -1.90. The van der Waals surface area contributed by atoms with E-state index < -0.39 is 61.9 Å². The van der Waals surface area contributed by atoms with Gasteiger partial charge in [-0.3, -0.25) is 4.79 Å². The van der Waals surface area contributed by atoms with E-state index in [2.05, 4.69) is 0 Å². The molecule has 2 fully saturated rings. The first kappa shape index (κ1) is 24.8. The molecular formula is C20H28O12. The second-order valence-electron chi connectivity index (χ2n) is 7.77. The molecule has 1 aromatic rings. The van der Waals surface area contributed by atoms with Gasteiger partial charge in [0.1, 0.15) is 47.6 Å². The van der Waals surface area contributed by atoms with Crippen LogP contribution in [0.25, 0.3) is 0 Å². The number of rotatable bonds is 8. The maximum absolute atomic E-state index is 11.9. The van der Waals surface area contributed by atoms with Gasteiger partial charge in [0, 0.05) is 6.07 Å². The molecule has 0 saturated carbocycles. The first-order valence-electron chi connectivity index (χ1n) is 9.91. The van der Waals surface area contributed by atoms with Crippen LogP contribution in [0, 0.1) is 0 Å². The van der Waals surface area contributed by atoms with Gasteiger partial charge in [-0.25, -0.2) is 0 Å². The van der Waals surface area contributed by atoms with Crippen molar-refractivity contribution in [3.05, 3.63) is 23.8 Å². The van der Waals surface area contributed by atoms with E-state index in [1.54, 1.807) is 6.07 Å². The van der Waals surface area contributed by atoms with E-state index >= 15 is 0 Å². The third-order valence-corrected chi connectivity index (χ3v) is 5.48. The quantitative estimate of drug-likeness (QED) is 0.225. The summed E-state index contributed by atoms with van der Waals surface area (Å²) in [4.78, 5) is 11.9. The van der Waals surface area contributed by atoms with Crippen LogP contribution in [0.1, 0.15) is 17.3 Å². The fourth-order valence-corrected chi connectivity index (χ4v) is 3.42. The number of methoxy groups -OCH3 is 1. The number of ketones is 1. The lowest BCUT2D eigenvalue weighted by Crippen LogP contribution is -2.60. The van der Waals surface area contributed by atoms with Crippen molar-refractivity contribution in [1.29, 1.82) is 0 Å². The molecule has 2 aliphatic rings. The lowest BCUT2D eigenvalue weighted by atomic mass is 9.99. The van der Waals surface area contributed by atoms with Gasteiger partial charge in [-0.1, -0.05) is 0 Å². The Morgan fingerprint density at radius 2 is 1.88 bits per heavy atom. The minimum absolute atomic E-state index is 0.0340. The lowest BCUT2D eigenvalue weighted by molar-refractivity contribution is -0.289. The van der Waals surface area contributed by atoms with E-state index in [-0.39, 0.29) is 23.7 Å². The zero-order valence-electron chi connectivity index (χ0n) is 17.5. The summed E-state index contributed by atoms with van der Waals surface area (Å²) in [6.07, 6.45) is -10.5. The predicted molar refractivity (Wildman–Crippen MR) is 104 cm³/mol.